The van der Waals surface area contributed by atoms with Crippen molar-refractivity contribution in [2.75, 3.05) is 33.4 Å². The van der Waals surface area contributed by atoms with Crippen molar-refractivity contribution in [1.82, 2.24) is 4.90 Å². The quantitative estimate of drug-likeness (QED) is 0.154. The van der Waals surface area contributed by atoms with Gasteiger partial charge in [0.1, 0.15) is 18.6 Å². The molecule has 1 aliphatic rings. The second-order valence-corrected chi connectivity index (χ2v) is 10.7. The average Bonchev–Trinajstić information content (AvgIpc) is 2.98. The SMILES string of the molecule is CCCC[C@H](CN1CCC(COc2cccc(/C(=N/OC)c3ccc(Cl)cc3)c2)CC1)OCc1ccccc1. The van der Waals surface area contributed by atoms with E-state index in [-0.39, 0.29) is 6.10 Å². The zero-order valence-corrected chi connectivity index (χ0v) is 24.0. The molecule has 0 aliphatic carbocycles. The average molecular weight is 549 g/mol. The maximum Gasteiger partial charge on any atom is 0.119 e. The first-order valence-corrected chi connectivity index (χ1v) is 14.5. The molecule has 0 unspecified atom stereocenters. The molecular formula is C33H41ClN2O3. The molecule has 6 heteroatoms. The molecule has 3 aromatic rings. The fourth-order valence-corrected chi connectivity index (χ4v) is 5.12. The topological polar surface area (TPSA) is 43.3 Å². The Labute approximate surface area is 238 Å². The minimum absolute atomic E-state index is 0.282. The van der Waals surface area contributed by atoms with Gasteiger partial charge < -0.3 is 19.2 Å². The van der Waals surface area contributed by atoms with Crippen LogP contribution >= 0.6 is 11.6 Å². The molecule has 0 bridgehead atoms. The molecule has 3 aromatic carbocycles. The van der Waals surface area contributed by atoms with Crippen LogP contribution in [0, 0.1) is 5.92 Å². The van der Waals surface area contributed by atoms with Crippen LogP contribution in [-0.4, -0.2) is 50.1 Å². The summed E-state index contributed by atoms with van der Waals surface area (Å²) in [4.78, 5) is 7.71. The number of benzene rings is 3. The fraction of sp³-hybridized carbons (Fsp3) is 0.424. The number of ether oxygens (including phenoxy) is 2. The number of likely N-dealkylation sites (tertiary alicyclic amines) is 1. The zero-order valence-electron chi connectivity index (χ0n) is 23.2. The Morgan fingerprint density at radius 3 is 2.46 bits per heavy atom. The molecule has 0 amide bonds. The number of hydrogen-bond acceptors (Lipinski definition) is 5. The second-order valence-electron chi connectivity index (χ2n) is 10.3. The number of rotatable bonds is 14. The summed E-state index contributed by atoms with van der Waals surface area (Å²) in [6.07, 6.45) is 6.08. The van der Waals surface area contributed by atoms with Gasteiger partial charge in [0.05, 0.1) is 19.3 Å². The minimum Gasteiger partial charge on any atom is -0.493 e. The number of piperidine rings is 1. The number of hydrogen-bond donors (Lipinski definition) is 0. The van der Waals surface area contributed by atoms with Crippen LogP contribution in [0.1, 0.15) is 55.7 Å². The van der Waals surface area contributed by atoms with E-state index in [2.05, 4.69) is 47.3 Å². The molecule has 208 valence electrons. The van der Waals surface area contributed by atoms with Crippen LogP contribution in [-0.2, 0) is 16.2 Å². The molecule has 5 nitrogen and oxygen atoms in total. The van der Waals surface area contributed by atoms with E-state index in [4.69, 9.17) is 25.9 Å². The predicted octanol–water partition coefficient (Wildman–Crippen LogP) is 7.61. The number of halogens is 1. The number of unbranched alkanes of at least 4 members (excludes halogenated alkanes) is 1. The Kier molecular flexibility index (Phi) is 11.7. The van der Waals surface area contributed by atoms with Crippen molar-refractivity contribution >= 4 is 17.3 Å². The maximum atomic E-state index is 6.36. The predicted molar refractivity (Wildman–Crippen MR) is 160 cm³/mol. The second kappa shape index (κ2) is 15.7. The maximum absolute atomic E-state index is 6.36. The number of nitrogens with zero attached hydrogens (tertiary/aromatic N) is 2. The van der Waals surface area contributed by atoms with E-state index in [1.165, 1.54) is 18.4 Å². The summed E-state index contributed by atoms with van der Waals surface area (Å²) >= 11 is 6.07. The normalized spacial score (nSPS) is 15.7. The van der Waals surface area contributed by atoms with Crippen LogP contribution in [0.2, 0.25) is 5.02 Å². The summed E-state index contributed by atoms with van der Waals surface area (Å²) in [6.45, 7) is 6.85. The van der Waals surface area contributed by atoms with Gasteiger partial charge in [-0.15, -0.1) is 0 Å². The van der Waals surface area contributed by atoms with Crippen molar-refractivity contribution < 1.29 is 14.3 Å². The fourth-order valence-electron chi connectivity index (χ4n) is 4.99. The highest BCUT2D eigenvalue weighted by molar-refractivity contribution is 6.30. The molecule has 39 heavy (non-hydrogen) atoms. The van der Waals surface area contributed by atoms with Crippen LogP contribution in [0.25, 0.3) is 0 Å². The monoisotopic (exact) mass is 548 g/mol. The van der Waals surface area contributed by atoms with Crippen LogP contribution < -0.4 is 4.74 Å². The van der Waals surface area contributed by atoms with E-state index in [9.17, 15) is 0 Å². The molecule has 1 atom stereocenters. The largest absolute Gasteiger partial charge is 0.493 e. The van der Waals surface area contributed by atoms with Crippen molar-refractivity contribution in [3.63, 3.8) is 0 Å². The lowest BCUT2D eigenvalue weighted by Gasteiger charge is -2.34. The lowest BCUT2D eigenvalue weighted by atomic mass is 9.97. The van der Waals surface area contributed by atoms with E-state index >= 15 is 0 Å². The molecule has 0 saturated carbocycles. The summed E-state index contributed by atoms with van der Waals surface area (Å²) in [5.74, 6) is 1.40. The Bertz CT molecular complexity index is 1150. The van der Waals surface area contributed by atoms with Gasteiger partial charge in [0.25, 0.3) is 0 Å². The van der Waals surface area contributed by atoms with Gasteiger partial charge in [-0.2, -0.15) is 0 Å². The molecule has 1 saturated heterocycles. The molecule has 0 spiro atoms. The highest BCUT2D eigenvalue weighted by atomic mass is 35.5. The van der Waals surface area contributed by atoms with E-state index in [1.807, 2.05) is 48.5 Å². The van der Waals surface area contributed by atoms with Crippen molar-refractivity contribution in [3.05, 3.63) is 101 Å². The van der Waals surface area contributed by atoms with E-state index in [1.54, 1.807) is 7.11 Å². The van der Waals surface area contributed by atoms with Crippen LogP contribution in [0.4, 0.5) is 0 Å². The van der Waals surface area contributed by atoms with Crippen molar-refractivity contribution in [2.24, 2.45) is 11.1 Å². The zero-order chi connectivity index (χ0) is 27.3. The standard InChI is InChI=1S/C33H41ClN2O3/c1-3-4-12-32(39-24-26-9-6-5-7-10-26)23-36-20-18-27(19-21-36)25-38-31-13-8-11-29(22-31)33(35-37-2)28-14-16-30(34)17-15-28/h5-11,13-17,22,27,32H,3-4,12,18-21,23-25H2,1-2H3/b35-33+/t32-/m1/s1. The first kappa shape index (κ1) is 29.1. The number of oxime groups is 1. The summed E-state index contributed by atoms with van der Waals surface area (Å²) in [7, 11) is 1.56. The minimum atomic E-state index is 0.282. The lowest BCUT2D eigenvalue weighted by molar-refractivity contribution is 0.000707. The van der Waals surface area contributed by atoms with Crippen LogP contribution in [0.3, 0.4) is 0 Å². The highest BCUT2D eigenvalue weighted by Crippen LogP contribution is 2.23. The summed E-state index contributed by atoms with van der Waals surface area (Å²) in [5, 5.41) is 4.96. The van der Waals surface area contributed by atoms with Gasteiger partial charge in [-0.05, 0) is 68.1 Å². The smallest absolute Gasteiger partial charge is 0.119 e. The highest BCUT2D eigenvalue weighted by Gasteiger charge is 2.23. The van der Waals surface area contributed by atoms with Crippen molar-refractivity contribution in [2.45, 2.75) is 51.7 Å². The molecule has 0 aromatic heterocycles. The Hall–Kier alpha value is -2.86. The van der Waals surface area contributed by atoms with Crippen molar-refractivity contribution in [3.8, 4) is 5.75 Å². The lowest BCUT2D eigenvalue weighted by Crippen LogP contribution is -2.40. The Morgan fingerprint density at radius 1 is 0.974 bits per heavy atom. The molecule has 1 fully saturated rings. The molecule has 1 heterocycles. The Balaban J connectivity index is 1.26. The van der Waals surface area contributed by atoms with Crippen LogP contribution in [0.15, 0.2) is 84.0 Å². The van der Waals surface area contributed by atoms with Crippen molar-refractivity contribution in [1.29, 1.82) is 0 Å². The summed E-state index contributed by atoms with van der Waals surface area (Å²) in [6, 6.07) is 26.2. The van der Waals surface area contributed by atoms with Gasteiger partial charge in [-0.25, -0.2) is 0 Å². The molecule has 1 aliphatic heterocycles. The first-order valence-electron chi connectivity index (χ1n) is 14.1. The first-order chi connectivity index (χ1) is 19.1. The summed E-state index contributed by atoms with van der Waals surface area (Å²) < 4.78 is 12.6. The van der Waals surface area contributed by atoms with Gasteiger partial charge in [-0.3, -0.25) is 0 Å². The van der Waals surface area contributed by atoms with E-state index in [0.29, 0.717) is 17.5 Å². The molecule has 4 rings (SSSR count). The van der Waals surface area contributed by atoms with Gasteiger partial charge >= 0.3 is 0 Å². The van der Waals surface area contributed by atoms with Gasteiger partial charge in [-0.1, -0.05) is 91.1 Å². The third kappa shape index (κ3) is 9.38. The van der Waals surface area contributed by atoms with Gasteiger partial charge in [0.2, 0.25) is 0 Å². The molecule has 0 N–H and O–H groups in total. The van der Waals surface area contributed by atoms with Gasteiger partial charge in [0.15, 0.2) is 0 Å². The van der Waals surface area contributed by atoms with E-state index in [0.717, 1.165) is 68.1 Å². The van der Waals surface area contributed by atoms with Crippen LogP contribution in [0.5, 0.6) is 5.75 Å². The Morgan fingerprint density at radius 2 is 1.74 bits per heavy atom. The van der Waals surface area contributed by atoms with Gasteiger partial charge in [0, 0.05) is 22.7 Å². The third-order valence-electron chi connectivity index (χ3n) is 7.27. The third-order valence-corrected chi connectivity index (χ3v) is 7.52. The molecular weight excluding hydrogens is 508 g/mol. The molecule has 0 radical (unpaired) electrons. The van der Waals surface area contributed by atoms with E-state index < -0.39 is 0 Å². The summed E-state index contributed by atoms with van der Waals surface area (Å²) in [5.41, 5.74) is 3.88.